The summed E-state index contributed by atoms with van der Waals surface area (Å²) in [4.78, 5) is 25.4. The van der Waals surface area contributed by atoms with Crippen molar-refractivity contribution in [1.29, 1.82) is 0 Å². The van der Waals surface area contributed by atoms with Gasteiger partial charge >= 0.3 is 6.03 Å². The molecule has 1 N–H and O–H groups in total. The Balaban J connectivity index is 1.30. The van der Waals surface area contributed by atoms with Crippen LogP contribution in [0.5, 0.6) is 5.75 Å². The Morgan fingerprint density at radius 3 is 2.48 bits per heavy atom. The minimum atomic E-state index is -0.101. The average Bonchev–Trinajstić information content (AvgIpc) is 3.30. The Kier molecular flexibility index (Phi) is 6.30. The van der Waals surface area contributed by atoms with Gasteiger partial charge in [0.15, 0.2) is 0 Å². The smallest absolute Gasteiger partial charge is 0.321 e. The monoisotopic (exact) mass is 422 g/mol. The normalized spacial score (nSPS) is 13.9. The number of pyridine rings is 1. The number of hydrogen-bond donors (Lipinski definition) is 1. The number of nitrogens with one attached hydrogen (secondary N) is 1. The van der Waals surface area contributed by atoms with E-state index in [1.54, 1.807) is 6.20 Å². The molecule has 9 heteroatoms. The number of carbonyl (C=O) groups is 1. The highest BCUT2D eigenvalue weighted by atomic mass is 16.5. The number of aromatic nitrogens is 3. The van der Waals surface area contributed by atoms with Crippen molar-refractivity contribution >= 4 is 17.5 Å². The van der Waals surface area contributed by atoms with Gasteiger partial charge in [0.2, 0.25) is 11.7 Å². The molecule has 2 aromatic heterocycles. The number of anilines is 2. The minimum Gasteiger partial charge on any atom is -0.494 e. The fourth-order valence-corrected chi connectivity index (χ4v) is 3.36. The summed E-state index contributed by atoms with van der Waals surface area (Å²) in [7, 11) is 0. The third kappa shape index (κ3) is 4.93. The van der Waals surface area contributed by atoms with Crippen LogP contribution in [0, 0.1) is 0 Å². The second kappa shape index (κ2) is 9.46. The van der Waals surface area contributed by atoms with E-state index in [0.717, 1.165) is 22.8 Å². The van der Waals surface area contributed by atoms with Crippen LogP contribution in [0.2, 0.25) is 0 Å². The van der Waals surface area contributed by atoms with E-state index in [4.69, 9.17) is 9.26 Å². The molecule has 0 aliphatic carbocycles. The second-order valence-electron chi connectivity index (χ2n) is 7.13. The van der Waals surface area contributed by atoms with E-state index in [0.29, 0.717) is 50.9 Å². The van der Waals surface area contributed by atoms with Gasteiger partial charge in [-0.25, -0.2) is 9.78 Å². The Labute approximate surface area is 181 Å². The van der Waals surface area contributed by atoms with Crippen LogP contribution in [0.15, 0.2) is 47.1 Å². The molecule has 0 bridgehead atoms. The van der Waals surface area contributed by atoms with Crippen molar-refractivity contribution in [2.24, 2.45) is 0 Å². The summed E-state index contributed by atoms with van der Waals surface area (Å²) in [5.74, 6) is 2.82. The van der Waals surface area contributed by atoms with Crippen LogP contribution in [0.25, 0.3) is 11.4 Å². The molecule has 31 heavy (non-hydrogen) atoms. The molecule has 4 rings (SSSR count). The van der Waals surface area contributed by atoms with Crippen LogP contribution in [-0.2, 0) is 6.42 Å². The molecule has 1 aliphatic rings. The lowest BCUT2D eigenvalue weighted by Crippen LogP contribution is -2.50. The fraction of sp³-hybridized carbons (Fsp3) is 0.364. The van der Waals surface area contributed by atoms with Crippen molar-refractivity contribution < 1.29 is 14.1 Å². The maximum atomic E-state index is 12.6. The van der Waals surface area contributed by atoms with E-state index in [1.165, 1.54) is 0 Å². The number of piperazine rings is 1. The number of nitrogens with zero attached hydrogens (tertiary/aromatic N) is 5. The Bertz CT molecular complexity index is 995. The van der Waals surface area contributed by atoms with Gasteiger partial charge in [0.05, 0.1) is 6.61 Å². The highest BCUT2D eigenvalue weighted by molar-refractivity contribution is 5.89. The lowest BCUT2D eigenvalue weighted by Gasteiger charge is -2.35. The Morgan fingerprint density at radius 2 is 1.87 bits per heavy atom. The lowest BCUT2D eigenvalue weighted by molar-refractivity contribution is 0.208. The molecule has 0 unspecified atom stereocenters. The van der Waals surface area contributed by atoms with Crippen LogP contribution in [0.3, 0.4) is 0 Å². The zero-order valence-electron chi connectivity index (χ0n) is 17.7. The molecule has 0 saturated carbocycles. The van der Waals surface area contributed by atoms with E-state index in [2.05, 4.69) is 25.3 Å². The number of carbonyl (C=O) groups excluding carboxylic acids is 1. The number of ether oxygens (including phenoxy) is 1. The maximum absolute atomic E-state index is 12.6. The van der Waals surface area contributed by atoms with Crippen LogP contribution < -0.4 is 15.0 Å². The van der Waals surface area contributed by atoms with Crippen LogP contribution in [-0.4, -0.2) is 58.8 Å². The first-order valence-electron chi connectivity index (χ1n) is 10.5. The quantitative estimate of drug-likeness (QED) is 0.650. The summed E-state index contributed by atoms with van der Waals surface area (Å²) >= 11 is 0. The Morgan fingerprint density at radius 1 is 1.10 bits per heavy atom. The van der Waals surface area contributed by atoms with Crippen molar-refractivity contribution in [2.75, 3.05) is 43.0 Å². The second-order valence-corrected chi connectivity index (χ2v) is 7.13. The number of hydrogen-bond acceptors (Lipinski definition) is 7. The minimum absolute atomic E-state index is 0.101. The first kappa shape index (κ1) is 20.6. The van der Waals surface area contributed by atoms with Gasteiger partial charge < -0.3 is 24.4 Å². The van der Waals surface area contributed by atoms with Crippen LogP contribution >= 0.6 is 0 Å². The molecule has 1 saturated heterocycles. The predicted molar refractivity (Wildman–Crippen MR) is 117 cm³/mol. The molecule has 3 aromatic rings. The molecule has 9 nitrogen and oxygen atoms in total. The van der Waals surface area contributed by atoms with E-state index in [9.17, 15) is 4.79 Å². The summed E-state index contributed by atoms with van der Waals surface area (Å²) < 4.78 is 10.6. The van der Waals surface area contributed by atoms with Gasteiger partial charge in [0.1, 0.15) is 11.6 Å². The zero-order chi connectivity index (χ0) is 21.6. The van der Waals surface area contributed by atoms with Crippen molar-refractivity contribution in [1.82, 2.24) is 20.0 Å². The van der Waals surface area contributed by atoms with Gasteiger partial charge in [-0.05, 0) is 43.3 Å². The SMILES string of the molecule is CCOc1ccc(NC(=O)N2CCN(c3ccc(-c4noc(CC)n4)cn3)CC2)cc1. The van der Waals surface area contributed by atoms with Crippen molar-refractivity contribution in [3.8, 4) is 17.1 Å². The van der Waals surface area contributed by atoms with Gasteiger partial charge in [0.25, 0.3) is 0 Å². The molecule has 1 fully saturated rings. The van der Waals surface area contributed by atoms with Crippen molar-refractivity contribution in [3.05, 3.63) is 48.5 Å². The van der Waals surface area contributed by atoms with E-state index in [1.807, 2.05) is 55.1 Å². The zero-order valence-corrected chi connectivity index (χ0v) is 17.7. The molecule has 3 heterocycles. The number of urea groups is 1. The van der Waals surface area contributed by atoms with Gasteiger partial charge in [-0.2, -0.15) is 4.98 Å². The summed E-state index contributed by atoms with van der Waals surface area (Å²) in [6, 6.07) is 11.2. The highest BCUT2D eigenvalue weighted by Gasteiger charge is 2.22. The van der Waals surface area contributed by atoms with Crippen molar-refractivity contribution in [3.63, 3.8) is 0 Å². The van der Waals surface area contributed by atoms with Gasteiger partial charge in [-0.3, -0.25) is 0 Å². The number of rotatable bonds is 6. The highest BCUT2D eigenvalue weighted by Crippen LogP contribution is 2.20. The fourth-order valence-electron chi connectivity index (χ4n) is 3.36. The lowest BCUT2D eigenvalue weighted by atomic mass is 10.2. The van der Waals surface area contributed by atoms with Gasteiger partial charge in [-0.1, -0.05) is 12.1 Å². The molecule has 1 aromatic carbocycles. The van der Waals surface area contributed by atoms with E-state index in [-0.39, 0.29) is 6.03 Å². The number of aryl methyl sites for hydroxylation is 1. The molecule has 162 valence electrons. The first-order valence-corrected chi connectivity index (χ1v) is 10.5. The van der Waals surface area contributed by atoms with Crippen molar-refractivity contribution in [2.45, 2.75) is 20.3 Å². The summed E-state index contributed by atoms with van der Waals surface area (Å²) in [6.07, 6.45) is 2.46. The topological polar surface area (TPSA) is 96.6 Å². The molecular formula is C22H26N6O3. The largest absolute Gasteiger partial charge is 0.494 e. The van der Waals surface area contributed by atoms with E-state index < -0.39 is 0 Å². The van der Waals surface area contributed by atoms with Gasteiger partial charge in [0, 0.05) is 50.0 Å². The summed E-state index contributed by atoms with van der Waals surface area (Å²) in [6.45, 7) is 7.20. The molecule has 0 atom stereocenters. The summed E-state index contributed by atoms with van der Waals surface area (Å²) in [5, 5.41) is 6.92. The molecule has 1 aliphatic heterocycles. The maximum Gasteiger partial charge on any atom is 0.321 e. The third-order valence-electron chi connectivity index (χ3n) is 5.08. The molecular weight excluding hydrogens is 396 g/mol. The molecule has 0 radical (unpaired) electrons. The van der Waals surface area contributed by atoms with E-state index >= 15 is 0 Å². The third-order valence-corrected chi connectivity index (χ3v) is 5.08. The molecule has 0 spiro atoms. The van der Waals surface area contributed by atoms with Crippen LogP contribution in [0.1, 0.15) is 19.7 Å². The average molecular weight is 422 g/mol. The van der Waals surface area contributed by atoms with Crippen LogP contribution in [0.4, 0.5) is 16.3 Å². The number of amides is 2. The molecule has 2 amide bonds. The Hall–Kier alpha value is -3.62. The predicted octanol–water partition coefficient (Wildman–Crippen LogP) is 3.45. The summed E-state index contributed by atoms with van der Waals surface area (Å²) in [5.41, 5.74) is 1.57. The standard InChI is InChI=1S/C22H26N6O3/c1-3-20-25-21(26-31-20)16-5-10-19(23-15-16)27-11-13-28(14-12-27)22(29)24-17-6-8-18(9-7-17)30-4-2/h5-10,15H,3-4,11-14H2,1-2H3,(H,24,29). The van der Waals surface area contributed by atoms with Gasteiger partial charge in [-0.15, -0.1) is 0 Å². The first-order chi connectivity index (χ1) is 15.2. The number of benzene rings is 1.